The number of unbranched alkanes of at least 4 members (excludes halogenated alkanes) is 2. The quantitative estimate of drug-likeness (QED) is 0.240. The number of carboxylic acid groups (broad SMARTS) is 2. The molecule has 2 rings (SSSR count). The van der Waals surface area contributed by atoms with Gasteiger partial charge >= 0.3 is 11.9 Å². The van der Waals surface area contributed by atoms with Crippen LogP contribution in [0.1, 0.15) is 64.5 Å². The predicted octanol–water partition coefficient (Wildman–Crippen LogP) is 6.39. The monoisotopic (exact) mass is 480 g/mol. The Morgan fingerprint density at radius 3 is 1.37 bits per heavy atom. The van der Waals surface area contributed by atoms with Gasteiger partial charge in [0.2, 0.25) is 0 Å². The molecule has 2 N–H and O–H groups in total. The molecule has 0 saturated heterocycles. The largest absolute Gasteiger partial charge is 0.494 e. The molecule has 0 aliphatic carbocycles. The van der Waals surface area contributed by atoms with Crippen LogP contribution < -0.4 is 9.47 Å². The summed E-state index contributed by atoms with van der Waals surface area (Å²) >= 11 is 0. The van der Waals surface area contributed by atoms with Gasteiger partial charge in [-0.05, 0) is 74.9 Å². The van der Waals surface area contributed by atoms with E-state index in [-0.39, 0.29) is 5.41 Å². The van der Waals surface area contributed by atoms with Crippen molar-refractivity contribution in [3.8, 4) is 11.5 Å². The number of allylic oxidation sites excluding steroid dienone is 2. The van der Waals surface area contributed by atoms with Crippen molar-refractivity contribution in [3.63, 3.8) is 0 Å². The molecule has 2 aromatic rings. The van der Waals surface area contributed by atoms with Crippen LogP contribution in [0.15, 0.2) is 71.8 Å². The maximum Gasteiger partial charge on any atom is 0.330 e. The fourth-order valence-corrected chi connectivity index (χ4v) is 3.46. The van der Waals surface area contributed by atoms with Crippen LogP contribution in [0.25, 0.3) is 0 Å². The molecular weight excluding hydrogens is 444 g/mol. The SMILES string of the molecule is CC(=CCCCOc1ccc(C(C)(C)c2ccc(OCCCC=C(C)C(=O)O)cc2)cc1)C(=O)O. The lowest BCUT2D eigenvalue weighted by Gasteiger charge is -2.26. The molecule has 0 aliphatic rings. The first-order valence-corrected chi connectivity index (χ1v) is 11.9. The van der Waals surface area contributed by atoms with Gasteiger partial charge in [0.05, 0.1) is 13.2 Å². The highest BCUT2D eigenvalue weighted by Crippen LogP contribution is 2.33. The third-order valence-electron chi connectivity index (χ3n) is 5.96. The molecule has 35 heavy (non-hydrogen) atoms. The van der Waals surface area contributed by atoms with Crippen LogP contribution in [-0.2, 0) is 15.0 Å². The fourth-order valence-electron chi connectivity index (χ4n) is 3.46. The molecule has 0 aliphatic heterocycles. The van der Waals surface area contributed by atoms with Crippen LogP contribution >= 0.6 is 0 Å². The summed E-state index contributed by atoms with van der Waals surface area (Å²) in [7, 11) is 0. The zero-order chi connectivity index (χ0) is 25.8. The van der Waals surface area contributed by atoms with Gasteiger partial charge in [0.1, 0.15) is 11.5 Å². The van der Waals surface area contributed by atoms with Crippen molar-refractivity contribution in [1.29, 1.82) is 0 Å². The van der Waals surface area contributed by atoms with Gasteiger partial charge in [0.25, 0.3) is 0 Å². The summed E-state index contributed by atoms with van der Waals surface area (Å²) in [5.41, 5.74) is 2.85. The van der Waals surface area contributed by atoms with Crippen molar-refractivity contribution in [2.24, 2.45) is 0 Å². The van der Waals surface area contributed by atoms with Crippen molar-refractivity contribution in [2.45, 2.75) is 58.8 Å². The van der Waals surface area contributed by atoms with Crippen LogP contribution in [0.4, 0.5) is 0 Å². The summed E-state index contributed by atoms with van der Waals surface area (Å²) in [4.78, 5) is 21.6. The Morgan fingerprint density at radius 1 is 0.714 bits per heavy atom. The van der Waals surface area contributed by atoms with E-state index >= 15 is 0 Å². The number of carboxylic acids is 2. The minimum atomic E-state index is -0.885. The lowest BCUT2D eigenvalue weighted by Crippen LogP contribution is -2.18. The zero-order valence-corrected chi connectivity index (χ0v) is 21.0. The van der Waals surface area contributed by atoms with Crippen LogP contribution in [-0.4, -0.2) is 35.4 Å². The molecule has 0 amide bonds. The minimum absolute atomic E-state index is 0.199. The average Bonchev–Trinajstić information content (AvgIpc) is 2.83. The minimum Gasteiger partial charge on any atom is -0.494 e. The summed E-state index contributed by atoms with van der Waals surface area (Å²) in [6, 6.07) is 16.1. The lowest BCUT2D eigenvalue weighted by molar-refractivity contribution is -0.133. The molecule has 0 heterocycles. The van der Waals surface area contributed by atoms with E-state index in [2.05, 4.69) is 38.1 Å². The van der Waals surface area contributed by atoms with Crippen molar-refractivity contribution >= 4 is 11.9 Å². The van der Waals surface area contributed by atoms with Gasteiger partial charge in [-0.3, -0.25) is 0 Å². The molecule has 0 spiro atoms. The highest BCUT2D eigenvalue weighted by Gasteiger charge is 2.23. The van der Waals surface area contributed by atoms with Gasteiger partial charge in [-0.15, -0.1) is 0 Å². The summed E-state index contributed by atoms with van der Waals surface area (Å²) in [5.74, 6) is -0.186. The molecule has 0 saturated carbocycles. The first-order valence-electron chi connectivity index (χ1n) is 11.9. The van der Waals surface area contributed by atoms with E-state index in [4.69, 9.17) is 19.7 Å². The molecule has 0 atom stereocenters. The van der Waals surface area contributed by atoms with Crippen molar-refractivity contribution in [1.82, 2.24) is 0 Å². The highest BCUT2D eigenvalue weighted by molar-refractivity contribution is 5.86. The Hall–Kier alpha value is -3.54. The summed E-state index contributed by atoms with van der Waals surface area (Å²) in [5, 5.41) is 17.7. The van der Waals surface area contributed by atoms with Gasteiger partial charge in [0, 0.05) is 16.6 Å². The molecule has 2 aromatic carbocycles. The standard InChI is InChI=1S/C29H36O6/c1-21(27(30)31)9-5-7-19-34-25-15-11-23(12-16-25)29(3,4)24-13-17-26(18-14-24)35-20-8-6-10-22(2)28(32)33/h9-18H,5-8,19-20H2,1-4H3,(H,30,31)(H,32,33). The second-order valence-electron chi connectivity index (χ2n) is 9.04. The first kappa shape index (κ1) is 27.7. The van der Waals surface area contributed by atoms with Gasteiger partial charge in [-0.25, -0.2) is 9.59 Å². The van der Waals surface area contributed by atoms with Crippen LogP contribution in [0, 0.1) is 0 Å². The number of hydrogen-bond donors (Lipinski definition) is 2. The van der Waals surface area contributed by atoms with Crippen LogP contribution in [0.2, 0.25) is 0 Å². The third kappa shape index (κ3) is 8.96. The Morgan fingerprint density at radius 2 is 1.06 bits per heavy atom. The molecule has 188 valence electrons. The van der Waals surface area contributed by atoms with E-state index in [9.17, 15) is 9.59 Å². The zero-order valence-electron chi connectivity index (χ0n) is 21.0. The topological polar surface area (TPSA) is 93.1 Å². The Kier molecular flexibility index (Phi) is 10.6. The fraction of sp³-hybridized carbons (Fsp3) is 0.379. The number of rotatable bonds is 14. The second kappa shape index (κ2) is 13.4. The molecule has 0 bridgehead atoms. The first-order chi connectivity index (χ1) is 16.6. The maximum atomic E-state index is 10.8. The molecule has 0 radical (unpaired) electrons. The van der Waals surface area contributed by atoms with E-state index in [1.54, 1.807) is 26.0 Å². The van der Waals surface area contributed by atoms with Crippen LogP contribution in [0.5, 0.6) is 11.5 Å². The summed E-state index contributed by atoms with van der Waals surface area (Å²) in [6.45, 7) is 8.60. The predicted molar refractivity (Wildman–Crippen MR) is 137 cm³/mol. The Bertz CT molecular complexity index is 946. The number of hydrogen-bond acceptors (Lipinski definition) is 4. The summed E-state index contributed by atoms with van der Waals surface area (Å²) in [6.07, 6.45) is 6.29. The molecular formula is C29H36O6. The highest BCUT2D eigenvalue weighted by atomic mass is 16.5. The van der Waals surface area contributed by atoms with E-state index < -0.39 is 11.9 Å². The summed E-state index contributed by atoms with van der Waals surface area (Å²) < 4.78 is 11.6. The number of ether oxygens (including phenoxy) is 2. The lowest BCUT2D eigenvalue weighted by atomic mass is 9.78. The number of carbonyl (C=O) groups is 2. The molecule has 0 aromatic heterocycles. The van der Waals surface area contributed by atoms with E-state index in [1.807, 2.05) is 24.3 Å². The van der Waals surface area contributed by atoms with Gasteiger partial charge in [0.15, 0.2) is 0 Å². The van der Waals surface area contributed by atoms with Gasteiger partial charge in [-0.1, -0.05) is 50.3 Å². The maximum absolute atomic E-state index is 10.8. The molecule has 6 heteroatoms. The van der Waals surface area contributed by atoms with Gasteiger partial charge in [-0.2, -0.15) is 0 Å². The van der Waals surface area contributed by atoms with Crippen LogP contribution in [0.3, 0.4) is 0 Å². The molecule has 6 nitrogen and oxygen atoms in total. The molecule has 0 fully saturated rings. The van der Waals surface area contributed by atoms with Crippen molar-refractivity contribution < 1.29 is 29.3 Å². The van der Waals surface area contributed by atoms with E-state index in [0.29, 0.717) is 37.2 Å². The number of aliphatic carboxylic acids is 2. The number of benzene rings is 2. The third-order valence-corrected chi connectivity index (χ3v) is 5.96. The van der Waals surface area contributed by atoms with Crippen molar-refractivity contribution in [2.75, 3.05) is 13.2 Å². The Balaban J connectivity index is 1.85. The average molecular weight is 481 g/mol. The van der Waals surface area contributed by atoms with E-state index in [1.165, 1.54) is 11.1 Å². The van der Waals surface area contributed by atoms with Crippen molar-refractivity contribution in [3.05, 3.63) is 83.0 Å². The Labute approximate surface area is 207 Å². The second-order valence-corrected chi connectivity index (χ2v) is 9.04. The molecule has 0 unspecified atom stereocenters. The normalized spacial score (nSPS) is 12.3. The van der Waals surface area contributed by atoms with Gasteiger partial charge < -0.3 is 19.7 Å². The smallest absolute Gasteiger partial charge is 0.330 e. The van der Waals surface area contributed by atoms with E-state index in [0.717, 1.165) is 24.3 Å².